The van der Waals surface area contributed by atoms with Crippen LogP contribution in [0, 0.1) is 0 Å². The SMILES string of the molecule is CCOC1CCN(C(=NC)NCC(C)(C)c2ccc3c(c2)OCCO3)CC1.I. The van der Waals surface area contributed by atoms with Gasteiger partial charge in [-0.05, 0) is 37.5 Å². The number of hydrogen-bond donors (Lipinski definition) is 1. The van der Waals surface area contributed by atoms with E-state index in [9.17, 15) is 0 Å². The highest BCUT2D eigenvalue weighted by molar-refractivity contribution is 14.0. The lowest BCUT2D eigenvalue weighted by molar-refractivity contribution is 0.0263. The van der Waals surface area contributed by atoms with Gasteiger partial charge in [0.1, 0.15) is 13.2 Å². The van der Waals surface area contributed by atoms with Crippen molar-refractivity contribution in [2.24, 2.45) is 4.99 Å². The first kappa shape index (κ1) is 23.1. The molecule has 2 aliphatic heterocycles. The van der Waals surface area contributed by atoms with Gasteiger partial charge in [-0.25, -0.2) is 0 Å². The van der Waals surface area contributed by atoms with Crippen LogP contribution < -0.4 is 14.8 Å². The molecular weight excluding hydrogens is 469 g/mol. The second-order valence-electron chi connectivity index (χ2n) is 7.78. The van der Waals surface area contributed by atoms with E-state index in [1.807, 2.05) is 13.1 Å². The average molecular weight is 503 g/mol. The van der Waals surface area contributed by atoms with Crippen molar-refractivity contribution in [3.63, 3.8) is 0 Å². The third-order valence-electron chi connectivity index (χ3n) is 5.37. The summed E-state index contributed by atoms with van der Waals surface area (Å²) >= 11 is 0. The maximum atomic E-state index is 5.75. The van der Waals surface area contributed by atoms with Crippen LogP contribution in [0.3, 0.4) is 0 Å². The summed E-state index contributed by atoms with van der Waals surface area (Å²) in [5.41, 5.74) is 1.17. The molecule has 0 amide bonds. The number of nitrogens with one attached hydrogen (secondary N) is 1. The van der Waals surface area contributed by atoms with Gasteiger partial charge in [0.25, 0.3) is 0 Å². The van der Waals surface area contributed by atoms with E-state index in [-0.39, 0.29) is 29.4 Å². The van der Waals surface area contributed by atoms with Crippen LogP contribution in [0.25, 0.3) is 0 Å². The number of ether oxygens (including phenoxy) is 3. The predicted molar refractivity (Wildman–Crippen MR) is 123 cm³/mol. The van der Waals surface area contributed by atoms with Gasteiger partial charge in [0.05, 0.1) is 6.10 Å². The second kappa shape index (κ2) is 10.5. The van der Waals surface area contributed by atoms with Gasteiger partial charge in [-0.2, -0.15) is 0 Å². The van der Waals surface area contributed by atoms with E-state index in [4.69, 9.17) is 14.2 Å². The predicted octanol–water partition coefficient (Wildman–Crippen LogP) is 3.43. The summed E-state index contributed by atoms with van der Waals surface area (Å²) in [5, 5.41) is 3.57. The fourth-order valence-corrected chi connectivity index (χ4v) is 3.67. The van der Waals surface area contributed by atoms with Gasteiger partial charge < -0.3 is 24.4 Å². The van der Waals surface area contributed by atoms with E-state index in [1.165, 1.54) is 5.56 Å². The fraction of sp³-hybridized carbons (Fsp3) is 0.667. The monoisotopic (exact) mass is 503 g/mol. The van der Waals surface area contributed by atoms with E-state index in [0.717, 1.165) is 56.5 Å². The fourth-order valence-electron chi connectivity index (χ4n) is 3.67. The zero-order valence-electron chi connectivity index (χ0n) is 17.5. The highest BCUT2D eigenvalue weighted by Gasteiger charge is 2.26. The summed E-state index contributed by atoms with van der Waals surface area (Å²) in [4.78, 5) is 6.82. The van der Waals surface area contributed by atoms with Gasteiger partial charge in [-0.1, -0.05) is 19.9 Å². The summed E-state index contributed by atoms with van der Waals surface area (Å²) < 4.78 is 17.1. The number of likely N-dealkylation sites (tertiary alicyclic amines) is 1. The maximum absolute atomic E-state index is 5.75. The molecule has 2 heterocycles. The lowest BCUT2D eigenvalue weighted by Gasteiger charge is -2.35. The number of guanidine groups is 1. The van der Waals surface area contributed by atoms with E-state index < -0.39 is 0 Å². The first-order valence-corrected chi connectivity index (χ1v) is 10.0. The van der Waals surface area contributed by atoms with Crippen molar-refractivity contribution in [2.45, 2.75) is 45.1 Å². The number of piperidine rings is 1. The molecule has 0 aromatic heterocycles. The van der Waals surface area contributed by atoms with Gasteiger partial charge in [0.15, 0.2) is 17.5 Å². The van der Waals surface area contributed by atoms with Gasteiger partial charge in [-0.3, -0.25) is 4.99 Å². The van der Waals surface area contributed by atoms with Crippen LogP contribution >= 0.6 is 24.0 Å². The zero-order valence-corrected chi connectivity index (χ0v) is 19.8. The third-order valence-corrected chi connectivity index (χ3v) is 5.37. The molecule has 0 radical (unpaired) electrons. The smallest absolute Gasteiger partial charge is 0.193 e. The molecule has 1 aromatic rings. The van der Waals surface area contributed by atoms with E-state index in [1.54, 1.807) is 0 Å². The Labute approximate surface area is 186 Å². The Morgan fingerprint density at radius 3 is 2.54 bits per heavy atom. The van der Waals surface area contributed by atoms with E-state index in [0.29, 0.717) is 19.3 Å². The summed E-state index contributed by atoms with van der Waals surface area (Å²) in [5.74, 6) is 2.64. The Morgan fingerprint density at radius 2 is 1.89 bits per heavy atom. The van der Waals surface area contributed by atoms with E-state index in [2.05, 4.69) is 48.1 Å². The minimum Gasteiger partial charge on any atom is -0.486 e. The van der Waals surface area contributed by atoms with Crippen LogP contribution in [-0.4, -0.2) is 63.5 Å². The molecule has 0 spiro atoms. The molecule has 0 saturated carbocycles. The number of aliphatic imine (C=N–C) groups is 1. The minimum atomic E-state index is -0.0601. The van der Waals surface area contributed by atoms with Crippen molar-refractivity contribution in [1.29, 1.82) is 0 Å². The standard InChI is InChI=1S/C21H33N3O3.HI/c1-5-25-17-8-10-24(11-9-17)20(22-4)23-15-21(2,3)16-6-7-18-19(14-16)27-13-12-26-18;/h6-7,14,17H,5,8-13,15H2,1-4H3,(H,22,23);1H. The minimum absolute atomic E-state index is 0. The van der Waals surface area contributed by atoms with Crippen LogP contribution in [0.2, 0.25) is 0 Å². The Kier molecular flexibility index (Phi) is 8.67. The van der Waals surface area contributed by atoms with Crippen molar-refractivity contribution >= 4 is 29.9 Å². The number of halogens is 1. The second-order valence-corrected chi connectivity index (χ2v) is 7.78. The van der Waals surface area contributed by atoms with Crippen molar-refractivity contribution < 1.29 is 14.2 Å². The molecule has 0 unspecified atom stereocenters. The normalized spacial score (nSPS) is 17.9. The Hall–Kier alpha value is -1.22. The molecular formula is C21H34IN3O3. The number of rotatable bonds is 5. The molecule has 6 nitrogen and oxygen atoms in total. The topological polar surface area (TPSA) is 55.3 Å². The average Bonchev–Trinajstić information content (AvgIpc) is 2.69. The quantitative estimate of drug-likeness (QED) is 0.379. The van der Waals surface area contributed by atoms with Crippen LogP contribution in [0.5, 0.6) is 11.5 Å². The van der Waals surface area contributed by atoms with Crippen molar-refractivity contribution in [3.8, 4) is 11.5 Å². The molecule has 0 atom stereocenters. The van der Waals surface area contributed by atoms with Crippen molar-refractivity contribution in [3.05, 3.63) is 23.8 Å². The van der Waals surface area contributed by atoms with Crippen LogP contribution in [0.15, 0.2) is 23.2 Å². The highest BCUT2D eigenvalue weighted by Crippen LogP contribution is 2.35. The molecule has 7 heteroatoms. The molecule has 1 fully saturated rings. The molecule has 158 valence electrons. The summed E-state index contributed by atoms with van der Waals surface area (Å²) in [6, 6.07) is 6.25. The largest absolute Gasteiger partial charge is 0.486 e. The van der Waals surface area contributed by atoms with Gasteiger partial charge in [0.2, 0.25) is 0 Å². The van der Waals surface area contributed by atoms with Gasteiger partial charge in [-0.15, -0.1) is 24.0 Å². The molecule has 1 aromatic carbocycles. The Bertz CT molecular complexity index is 658. The number of fused-ring (bicyclic) bond motifs is 1. The first-order chi connectivity index (χ1) is 13.0. The molecule has 0 bridgehead atoms. The summed E-state index contributed by atoms with van der Waals surface area (Å²) in [7, 11) is 1.86. The zero-order chi connectivity index (χ0) is 19.3. The molecule has 28 heavy (non-hydrogen) atoms. The third kappa shape index (κ3) is 5.65. The van der Waals surface area contributed by atoms with E-state index >= 15 is 0 Å². The van der Waals surface area contributed by atoms with Crippen LogP contribution in [0.1, 0.15) is 39.2 Å². The Balaban J connectivity index is 0.00000280. The molecule has 2 aliphatic rings. The number of benzene rings is 1. The maximum Gasteiger partial charge on any atom is 0.193 e. The lowest BCUT2D eigenvalue weighted by Crippen LogP contribution is -2.49. The molecule has 0 aliphatic carbocycles. The van der Waals surface area contributed by atoms with Crippen LogP contribution in [0.4, 0.5) is 0 Å². The summed E-state index contributed by atoms with van der Waals surface area (Å²) in [6.45, 7) is 11.3. The van der Waals surface area contributed by atoms with Gasteiger partial charge in [0, 0.05) is 38.7 Å². The molecule has 1 N–H and O–H groups in total. The molecule has 1 saturated heterocycles. The lowest BCUT2D eigenvalue weighted by atomic mass is 9.84. The summed E-state index contributed by atoms with van der Waals surface area (Å²) in [6.07, 6.45) is 2.50. The number of nitrogens with zero attached hydrogens (tertiary/aromatic N) is 2. The van der Waals surface area contributed by atoms with Gasteiger partial charge >= 0.3 is 0 Å². The Morgan fingerprint density at radius 1 is 1.21 bits per heavy atom. The van der Waals surface area contributed by atoms with Crippen molar-refractivity contribution in [2.75, 3.05) is 46.5 Å². The highest BCUT2D eigenvalue weighted by atomic mass is 127. The van der Waals surface area contributed by atoms with Crippen LogP contribution in [-0.2, 0) is 10.2 Å². The number of hydrogen-bond acceptors (Lipinski definition) is 4. The van der Waals surface area contributed by atoms with Crippen molar-refractivity contribution in [1.82, 2.24) is 10.2 Å². The molecule has 3 rings (SSSR count). The first-order valence-electron chi connectivity index (χ1n) is 10.0.